The molecule has 0 saturated heterocycles. The van der Waals surface area contributed by atoms with Crippen LogP contribution < -0.4 is 5.73 Å². The fourth-order valence-corrected chi connectivity index (χ4v) is 3.97. The maximum absolute atomic E-state index is 6.17. The van der Waals surface area contributed by atoms with Crippen LogP contribution in [0.25, 0.3) is 0 Å². The first-order valence-corrected chi connectivity index (χ1v) is 6.42. The van der Waals surface area contributed by atoms with Gasteiger partial charge in [-0.15, -0.1) is 0 Å². The van der Waals surface area contributed by atoms with E-state index >= 15 is 0 Å². The third-order valence-electron chi connectivity index (χ3n) is 4.30. The molecule has 4 bridgehead atoms. The Bertz CT molecular complexity index is 187. The molecule has 0 aromatic heterocycles. The van der Waals surface area contributed by atoms with Crippen LogP contribution in [0.15, 0.2) is 0 Å². The number of hydrogen-bond acceptors (Lipinski definition) is 2. The SMILES string of the molecule is CN(C)C.NC1C2CC3CC(C2)CC1C3.O. The predicted octanol–water partition coefficient (Wildman–Crippen LogP) is 1.12. The summed E-state index contributed by atoms with van der Waals surface area (Å²) in [6.07, 6.45) is 7.41. The first-order chi connectivity index (χ1) is 7.06. The van der Waals surface area contributed by atoms with E-state index < -0.39 is 0 Å². The number of hydrogen-bond donors (Lipinski definition) is 1. The van der Waals surface area contributed by atoms with Crippen molar-refractivity contribution < 1.29 is 5.48 Å². The Hall–Kier alpha value is -0.120. The molecule has 3 nitrogen and oxygen atoms in total. The second kappa shape index (κ2) is 5.48. The molecule has 4 N–H and O–H groups in total. The highest BCUT2D eigenvalue weighted by Gasteiger charge is 2.46. The van der Waals surface area contributed by atoms with Gasteiger partial charge >= 0.3 is 0 Å². The lowest BCUT2D eigenvalue weighted by Gasteiger charge is -2.53. The van der Waals surface area contributed by atoms with Crippen molar-refractivity contribution in [1.29, 1.82) is 0 Å². The van der Waals surface area contributed by atoms with Crippen molar-refractivity contribution in [2.45, 2.75) is 38.1 Å². The van der Waals surface area contributed by atoms with Crippen LogP contribution in [0.5, 0.6) is 0 Å². The molecule has 4 rings (SSSR count). The van der Waals surface area contributed by atoms with Gasteiger partial charge in [0, 0.05) is 6.04 Å². The van der Waals surface area contributed by atoms with Gasteiger partial charge in [-0.3, -0.25) is 0 Å². The highest BCUT2D eigenvalue weighted by molar-refractivity contribution is 4.99. The summed E-state index contributed by atoms with van der Waals surface area (Å²) in [5.74, 6) is 4.01. The summed E-state index contributed by atoms with van der Waals surface area (Å²) in [6, 6.07) is 0.586. The van der Waals surface area contributed by atoms with E-state index in [1.165, 1.54) is 25.7 Å². The summed E-state index contributed by atoms with van der Waals surface area (Å²) >= 11 is 0. The fraction of sp³-hybridized carbons (Fsp3) is 1.00. The molecule has 0 aromatic carbocycles. The molecule has 4 aliphatic rings. The van der Waals surface area contributed by atoms with Crippen molar-refractivity contribution in [2.75, 3.05) is 21.1 Å². The lowest BCUT2D eigenvalue weighted by atomic mass is 9.54. The summed E-state index contributed by atoms with van der Waals surface area (Å²) in [5.41, 5.74) is 6.17. The largest absolute Gasteiger partial charge is 0.412 e. The second-order valence-electron chi connectivity index (χ2n) is 6.35. The Balaban J connectivity index is 0.000000228. The molecule has 0 heterocycles. The minimum absolute atomic E-state index is 0. The molecule has 0 atom stereocenters. The molecule has 96 valence electrons. The highest BCUT2D eigenvalue weighted by atomic mass is 16.0. The summed E-state index contributed by atoms with van der Waals surface area (Å²) in [6.45, 7) is 0. The average molecular weight is 228 g/mol. The standard InChI is InChI=1S/C10H17N.C3H9N.H2O/c11-10-8-2-6-1-7(4-8)5-9(10)3-6;1-4(2)3;/h6-10H,1-5,11H2;1-3H3;1H2. The number of rotatable bonds is 0. The van der Waals surface area contributed by atoms with Crippen molar-refractivity contribution in [3.05, 3.63) is 0 Å². The van der Waals surface area contributed by atoms with Gasteiger partial charge in [0.15, 0.2) is 0 Å². The van der Waals surface area contributed by atoms with E-state index in [0.29, 0.717) is 6.04 Å². The topological polar surface area (TPSA) is 60.8 Å². The van der Waals surface area contributed by atoms with Gasteiger partial charge in [0.25, 0.3) is 0 Å². The van der Waals surface area contributed by atoms with Crippen LogP contribution >= 0.6 is 0 Å². The van der Waals surface area contributed by atoms with E-state index in [9.17, 15) is 0 Å². The number of nitrogens with zero attached hydrogens (tertiary/aromatic N) is 1. The molecule has 0 unspecified atom stereocenters. The maximum Gasteiger partial charge on any atom is 0.00960 e. The van der Waals surface area contributed by atoms with E-state index in [0.717, 1.165) is 23.7 Å². The molecule has 4 aliphatic carbocycles. The van der Waals surface area contributed by atoms with Crippen LogP contribution in [0.2, 0.25) is 0 Å². The molecule has 0 radical (unpaired) electrons. The van der Waals surface area contributed by atoms with E-state index in [2.05, 4.69) is 0 Å². The monoisotopic (exact) mass is 228 g/mol. The molecule has 3 heteroatoms. The van der Waals surface area contributed by atoms with Crippen molar-refractivity contribution in [3.63, 3.8) is 0 Å². The molecule has 16 heavy (non-hydrogen) atoms. The normalized spacial score (nSPS) is 43.7. The zero-order chi connectivity index (χ0) is 11.0. The minimum Gasteiger partial charge on any atom is -0.412 e. The smallest absolute Gasteiger partial charge is 0.00960 e. The summed E-state index contributed by atoms with van der Waals surface area (Å²) in [5, 5.41) is 0. The van der Waals surface area contributed by atoms with Crippen LogP contribution in [0.4, 0.5) is 0 Å². The van der Waals surface area contributed by atoms with Crippen LogP contribution in [-0.2, 0) is 0 Å². The Morgan fingerprint density at radius 2 is 1.12 bits per heavy atom. The zero-order valence-electron chi connectivity index (χ0n) is 10.9. The third kappa shape index (κ3) is 2.96. The van der Waals surface area contributed by atoms with Gasteiger partial charge in [0.1, 0.15) is 0 Å². The van der Waals surface area contributed by atoms with Gasteiger partial charge in [0.05, 0.1) is 0 Å². The van der Waals surface area contributed by atoms with E-state index in [1.54, 1.807) is 6.42 Å². The Morgan fingerprint density at radius 1 is 0.812 bits per heavy atom. The molecular formula is C13H28N2O. The van der Waals surface area contributed by atoms with Crippen molar-refractivity contribution in [3.8, 4) is 0 Å². The zero-order valence-corrected chi connectivity index (χ0v) is 10.9. The Kier molecular flexibility index (Phi) is 4.77. The lowest BCUT2D eigenvalue weighted by Crippen LogP contribution is -2.52. The van der Waals surface area contributed by atoms with Crippen molar-refractivity contribution >= 4 is 0 Å². The van der Waals surface area contributed by atoms with Crippen LogP contribution in [0, 0.1) is 23.7 Å². The van der Waals surface area contributed by atoms with Crippen LogP contribution in [0.3, 0.4) is 0 Å². The number of nitrogens with two attached hydrogens (primary N) is 1. The van der Waals surface area contributed by atoms with Gasteiger partial charge in [-0.1, -0.05) is 0 Å². The predicted molar refractivity (Wildman–Crippen MR) is 68.2 cm³/mol. The average Bonchev–Trinajstić information content (AvgIpc) is 2.11. The summed E-state index contributed by atoms with van der Waals surface area (Å²) in [7, 11) is 6.00. The van der Waals surface area contributed by atoms with Gasteiger partial charge < -0.3 is 16.1 Å². The molecular weight excluding hydrogens is 200 g/mol. The van der Waals surface area contributed by atoms with E-state index in [4.69, 9.17) is 5.73 Å². The van der Waals surface area contributed by atoms with Gasteiger partial charge in [-0.2, -0.15) is 0 Å². The molecule has 4 saturated carbocycles. The van der Waals surface area contributed by atoms with Gasteiger partial charge in [0.2, 0.25) is 0 Å². The quantitative estimate of drug-likeness (QED) is 0.675. The molecule has 0 aliphatic heterocycles. The molecule has 0 aromatic rings. The third-order valence-corrected chi connectivity index (χ3v) is 4.30. The van der Waals surface area contributed by atoms with Crippen molar-refractivity contribution in [2.24, 2.45) is 29.4 Å². The molecule has 4 fully saturated rings. The Labute approximate surface area is 99.7 Å². The van der Waals surface area contributed by atoms with E-state index in [1.807, 2.05) is 26.0 Å². The Morgan fingerprint density at radius 3 is 1.44 bits per heavy atom. The van der Waals surface area contributed by atoms with E-state index in [-0.39, 0.29) is 5.48 Å². The molecule has 0 spiro atoms. The first kappa shape index (κ1) is 13.9. The summed E-state index contributed by atoms with van der Waals surface area (Å²) < 4.78 is 0. The van der Waals surface area contributed by atoms with Gasteiger partial charge in [-0.05, 0) is 76.9 Å². The lowest BCUT2D eigenvalue weighted by molar-refractivity contribution is 0.000349. The van der Waals surface area contributed by atoms with Crippen molar-refractivity contribution in [1.82, 2.24) is 4.90 Å². The summed E-state index contributed by atoms with van der Waals surface area (Å²) in [4.78, 5) is 2.00. The highest BCUT2D eigenvalue weighted by Crippen LogP contribution is 2.52. The first-order valence-electron chi connectivity index (χ1n) is 6.42. The fourth-order valence-electron chi connectivity index (χ4n) is 3.97. The van der Waals surface area contributed by atoms with Gasteiger partial charge in [-0.25, -0.2) is 0 Å². The maximum atomic E-state index is 6.17. The minimum atomic E-state index is 0. The second-order valence-corrected chi connectivity index (χ2v) is 6.35. The molecule has 0 amide bonds. The van der Waals surface area contributed by atoms with Crippen LogP contribution in [-0.4, -0.2) is 37.6 Å². The van der Waals surface area contributed by atoms with Crippen LogP contribution in [0.1, 0.15) is 32.1 Å².